The van der Waals surface area contributed by atoms with Gasteiger partial charge in [0.2, 0.25) is 0 Å². The molecular formula is C20H21F3N2O. The van der Waals surface area contributed by atoms with Gasteiger partial charge in [-0.3, -0.25) is 4.79 Å². The maximum Gasteiger partial charge on any atom is 0.416 e. The number of halogens is 3. The third kappa shape index (κ3) is 4.00. The highest BCUT2D eigenvalue weighted by Crippen LogP contribution is 2.29. The Balaban J connectivity index is 1.65. The average Bonchev–Trinajstić information content (AvgIpc) is 2.60. The Hall–Kier alpha value is -2.50. The van der Waals surface area contributed by atoms with E-state index in [-0.39, 0.29) is 11.5 Å². The standard InChI is InChI=1S/C20H21F3N2O/c1-14-11-15(2)13-18(12-14)24-7-9-25(10-8-24)19(26)16-3-5-17(6-4-16)20(21,22)23/h3-6,11-13H,7-10H2,1-2H3. The molecule has 0 radical (unpaired) electrons. The van der Waals surface area contributed by atoms with Crippen molar-refractivity contribution in [3.8, 4) is 0 Å². The Labute approximate surface area is 151 Å². The molecule has 0 saturated carbocycles. The van der Waals surface area contributed by atoms with Crippen LogP contribution in [0.5, 0.6) is 0 Å². The quantitative estimate of drug-likeness (QED) is 0.796. The van der Waals surface area contributed by atoms with Crippen LogP contribution in [0.15, 0.2) is 42.5 Å². The fourth-order valence-electron chi connectivity index (χ4n) is 3.29. The zero-order valence-corrected chi connectivity index (χ0v) is 14.8. The van der Waals surface area contributed by atoms with Gasteiger partial charge in [0.1, 0.15) is 0 Å². The van der Waals surface area contributed by atoms with Crippen LogP contribution in [-0.4, -0.2) is 37.0 Å². The number of amides is 1. The number of carbonyl (C=O) groups is 1. The molecule has 0 N–H and O–H groups in total. The van der Waals surface area contributed by atoms with Gasteiger partial charge in [-0.1, -0.05) is 6.07 Å². The molecule has 0 unspecified atom stereocenters. The van der Waals surface area contributed by atoms with E-state index in [9.17, 15) is 18.0 Å². The normalized spacial score (nSPS) is 15.3. The molecular weight excluding hydrogens is 341 g/mol. The van der Waals surface area contributed by atoms with Crippen molar-refractivity contribution in [1.82, 2.24) is 4.90 Å². The highest BCUT2D eigenvalue weighted by atomic mass is 19.4. The van der Waals surface area contributed by atoms with Crippen molar-refractivity contribution >= 4 is 11.6 Å². The van der Waals surface area contributed by atoms with Crippen molar-refractivity contribution in [3.63, 3.8) is 0 Å². The van der Waals surface area contributed by atoms with Crippen molar-refractivity contribution in [2.24, 2.45) is 0 Å². The van der Waals surface area contributed by atoms with Crippen LogP contribution in [0.25, 0.3) is 0 Å². The van der Waals surface area contributed by atoms with Crippen molar-refractivity contribution < 1.29 is 18.0 Å². The highest BCUT2D eigenvalue weighted by molar-refractivity contribution is 5.94. The fourth-order valence-corrected chi connectivity index (χ4v) is 3.29. The first-order valence-corrected chi connectivity index (χ1v) is 8.54. The summed E-state index contributed by atoms with van der Waals surface area (Å²) in [4.78, 5) is 16.5. The van der Waals surface area contributed by atoms with Gasteiger partial charge in [-0.2, -0.15) is 13.2 Å². The SMILES string of the molecule is Cc1cc(C)cc(N2CCN(C(=O)c3ccc(C(F)(F)F)cc3)CC2)c1. The van der Waals surface area contributed by atoms with E-state index in [1.54, 1.807) is 4.90 Å². The second-order valence-corrected chi connectivity index (χ2v) is 6.70. The monoisotopic (exact) mass is 362 g/mol. The minimum Gasteiger partial charge on any atom is -0.368 e. The molecule has 138 valence electrons. The molecule has 6 heteroatoms. The van der Waals surface area contributed by atoms with Gasteiger partial charge < -0.3 is 9.80 Å². The Kier molecular flexibility index (Phi) is 4.94. The van der Waals surface area contributed by atoms with E-state index in [0.717, 1.165) is 17.8 Å². The molecule has 1 saturated heterocycles. The summed E-state index contributed by atoms with van der Waals surface area (Å²) >= 11 is 0. The van der Waals surface area contributed by atoms with E-state index in [1.807, 2.05) is 0 Å². The largest absolute Gasteiger partial charge is 0.416 e. The number of anilines is 1. The minimum atomic E-state index is -4.39. The molecule has 0 bridgehead atoms. The number of rotatable bonds is 2. The second kappa shape index (κ2) is 7.02. The summed E-state index contributed by atoms with van der Waals surface area (Å²) in [6.07, 6.45) is -4.39. The van der Waals surface area contributed by atoms with Crippen molar-refractivity contribution in [3.05, 3.63) is 64.7 Å². The van der Waals surface area contributed by atoms with Crippen LogP contribution in [-0.2, 0) is 6.18 Å². The van der Waals surface area contributed by atoms with Crippen molar-refractivity contribution in [1.29, 1.82) is 0 Å². The molecule has 1 fully saturated rings. The number of piperazine rings is 1. The maximum atomic E-state index is 12.6. The summed E-state index contributed by atoms with van der Waals surface area (Å²) in [6.45, 7) is 6.62. The smallest absolute Gasteiger partial charge is 0.368 e. The lowest BCUT2D eigenvalue weighted by molar-refractivity contribution is -0.137. The topological polar surface area (TPSA) is 23.6 Å². The van der Waals surface area contributed by atoms with Gasteiger partial charge in [-0.25, -0.2) is 0 Å². The number of hydrogen-bond acceptors (Lipinski definition) is 2. The fraction of sp³-hybridized carbons (Fsp3) is 0.350. The van der Waals surface area contributed by atoms with Gasteiger partial charge in [-0.05, 0) is 61.4 Å². The Bertz CT molecular complexity index is 771. The molecule has 1 amide bonds. The van der Waals surface area contributed by atoms with Gasteiger partial charge in [0.05, 0.1) is 5.56 Å². The molecule has 3 rings (SSSR count). The number of nitrogens with zero attached hydrogens (tertiary/aromatic N) is 2. The molecule has 0 spiro atoms. The summed E-state index contributed by atoms with van der Waals surface area (Å²) < 4.78 is 37.9. The van der Waals surface area contributed by atoms with E-state index in [0.29, 0.717) is 26.2 Å². The van der Waals surface area contributed by atoms with Gasteiger partial charge in [0, 0.05) is 37.4 Å². The molecule has 0 aromatic heterocycles. The molecule has 1 aliphatic heterocycles. The van der Waals surface area contributed by atoms with Crippen LogP contribution in [0.4, 0.5) is 18.9 Å². The van der Waals surface area contributed by atoms with Crippen LogP contribution < -0.4 is 4.90 Å². The summed E-state index contributed by atoms with van der Waals surface area (Å²) in [5.41, 5.74) is 3.09. The van der Waals surface area contributed by atoms with Crippen LogP contribution in [0.2, 0.25) is 0 Å². The van der Waals surface area contributed by atoms with Crippen molar-refractivity contribution in [2.75, 3.05) is 31.1 Å². The molecule has 0 atom stereocenters. The van der Waals surface area contributed by atoms with Gasteiger partial charge >= 0.3 is 6.18 Å². The predicted molar refractivity (Wildman–Crippen MR) is 95.5 cm³/mol. The van der Waals surface area contributed by atoms with Gasteiger partial charge in [0.15, 0.2) is 0 Å². The van der Waals surface area contributed by atoms with Crippen molar-refractivity contribution in [2.45, 2.75) is 20.0 Å². The number of hydrogen-bond donors (Lipinski definition) is 0. The third-order valence-corrected chi connectivity index (χ3v) is 4.60. The lowest BCUT2D eigenvalue weighted by atomic mass is 10.1. The van der Waals surface area contributed by atoms with Crippen LogP contribution in [0, 0.1) is 13.8 Å². The highest BCUT2D eigenvalue weighted by Gasteiger charge is 2.30. The Morgan fingerprint density at radius 3 is 1.92 bits per heavy atom. The first-order chi connectivity index (χ1) is 12.2. The van der Waals surface area contributed by atoms with Gasteiger partial charge in [-0.15, -0.1) is 0 Å². The van der Waals surface area contributed by atoms with Gasteiger partial charge in [0.25, 0.3) is 5.91 Å². The second-order valence-electron chi connectivity index (χ2n) is 6.70. The van der Waals surface area contributed by atoms with Crippen LogP contribution in [0.1, 0.15) is 27.0 Å². The number of alkyl halides is 3. The van der Waals surface area contributed by atoms with E-state index in [1.165, 1.54) is 23.3 Å². The first-order valence-electron chi connectivity index (χ1n) is 8.54. The average molecular weight is 362 g/mol. The van der Waals surface area contributed by atoms with Crippen LogP contribution in [0.3, 0.4) is 0 Å². The summed E-state index contributed by atoms with van der Waals surface area (Å²) in [5, 5.41) is 0. The number of carbonyl (C=O) groups excluding carboxylic acids is 1. The van der Waals surface area contributed by atoms with E-state index in [4.69, 9.17) is 0 Å². The zero-order chi connectivity index (χ0) is 18.9. The molecule has 2 aromatic rings. The maximum absolute atomic E-state index is 12.6. The first kappa shape index (κ1) is 18.3. The third-order valence-electron chi connectivity index (χ3n) is 4.60. The zero-order valence-electron chi connectivity index (χ0n) is 14.8. The van der Waals surface area contributed by atoms with E-state index in [2.05, 4.69) is 36.9 Å². The Morgan fingerprint density at radius 2 is 1.42 bits per heavy atom. The molecule has 26 heavy (non-hydrogen) atoms. The molecule has 2 aromatic carbocycles. The summed E-state index contributed by atoms with van der Waals surface area (Å²) in [6, 6.07) is 10.8. The minimum absolute atomic E-state index is 0.223. The van der Waals surface area contributed by atoms with E-state index < -0.39 is 11.7 Å². The molecule has 1 heterocycles. The lowest BCUT2D eigenvalue weighted by Gasteiger charge is -2.36. The number of aryl methyl sites for hydroxylation is 2. The number of benzene rings is 2. The predicted octanol–water partition coefficient (Wildman–Crippen LogP) is 4.28. The van der Waals surface area contributed by atoms with Crippen LogP contribution >= 0.6 is 0 Å². The molecule has 1 aliphatic rings. The Morgan fingerprint density at radius 1 is 0.885 bits per heavy atom. The lowest BCUT2D eigenvalue weighted by Crippen LogP contribution is -2.48. The molecule has 3 nitrogen and oxygen atoms in total. The summed E-state index contributed by atoms with van der Waals surface area (Å²) in [7, 11) is 0. The summed E-state index contributed by atoms with van der Waals surface area (Å²) in [5.74, 6) is -0.223. The molecule has 0 aliphatic carbocycles. The van der Waals surface area contributed by atoms with E-state index >= 15 is 0 Å².